The molecule has 1 heterocycles. The quantitative estimate of drug-likeness (QED) is 0.894. The summed E-state index contributed by atoms with van der Waals surface area (Å²) < 4.78 is 0. The first-order chi connectivity index (χ1) is 12.2. The van der Waals surface area contributed by atoms with Gasteiger partial charge in [-0.2, -0.15) is 0 Å². The van der Waals surface area contributed by atoms with Crippen LogP contribution in [-0.4, -0.2) is 41.3 Å². The Morgan fingerprint density at radius 2 is 1.84 bits per heavy atom. The molecule has 0 radical (unpaired) electrons. The van der Waals surface area contributed by atoms with Crippen LogP contribution in [0.1, 0.15) is 50.0 Å². The molecule has 0 spiro atoms. The lowest BCUT2D eigenvalue weighted by Gasteiger charge is -2.41. The Bertz CT molecular complexity index is 718. The number of benzene rings is 2. The number of nitrogens with two attached hydrogens (primary N) is 1. The second-order valence-corrected chi connectivity index (χ2v) is 8.09. The molecule has 2 atom stereocenters. The van der Waals surface area contributed by atoms with Crippen molar-refractivity contribution in [1.82, 2.24) is 4.90 Å². The summed E-state index contributed by atoms with van der Waals surface area (Å²) in [5.74, 6) is 0.157. The molecule has 2 aliphatic rings. The Labute approximate surface area is 150 Å². The van der Waals surface area contributed by atoms with Crippen molar-refractivity contribution >= 4 is 10.8 Å². The Morgan fingerprint density at radius 1 is 1.08 bits per heavy atom. The second-order valence-electron chi connectivity index (χ2n) is 8.09. The topological polar surface area (TPSA) is 49.5 Å². The zero-order chi connectivity index (χ0) is 17.3. The van der Waals surface area contributed by atoms with Crippen LogP contribution in [-0.2, 0) is 0 Å². The van der Waals surface area contributed by atoms with E-state index in [0.29, 0.717) is 0 Å². The molecule has 0 bridgehead atoms. The predicted octanol–water partition coefficient (Wildman–Crippen LogP) is 3.65. The van der Waals surface area contributed by atoms with Gasteiger partial charge in [0.2, 0.25) is 0 Å². The highest BCUT2D eigenvalue weighted by Gasteiger charge is 2.40. The standard InChI is InChI=1S/C22H30N2O/c23-18-11-14-24(15-18)16-21(22(25)12-4-1-5-13-22)20-10-6-8-17-7-2-3-9-19(17)20/h2-3,6-10,18,21,25H,1,4-5,11-16,23H2/t18-,21?/m1/s1. The molecule has 0 amide bonds. The van der Waals surface area contributed by atoms with Crippen LogP contribution >= 0.6 is 0 Å². The van der Waals surface area contributed by atoms with Crippen LogP contribution < -0.4 is 5.73 Å². The lowest BCUT2D eigenvalue weighted by Crippen LogP contribution is -2.44. The fraction of sp³-hybridized carbons (Fsp3) is 0.545. The van der Waals surface area contributed by atoms with E-state index < -0.39 is 5.60 Å². The summed E-state index contributed by atoms with van der Waals surface area (Å²) >= 11 is 0. The maximum Gasteiger partial charge on any atom is 0.0728 e. The van der Waals surface area contributed by atoms with Crippen molar-refractivity contribution in [3.05, 3.63) is 48.0 Å². The fourth-order valence-corrected chi connectivity index (χ4v) is 4.91. The monoisotopic (exact) mass is 338 g/mol. The van der Waals surface area contributed by atoms with Crippen LogP contribution in [0.3, 0.4) is 0 Å². The smallest absolute Gasteiger partial charge is 0.0728 e. The third-order valence-corrected chi connectivity index (χ3v) is 6.32. The highest BCUT2D eigenvalue weighted by molar-refractivity contribution is 5.86. The molecule has 4 rings (SSSR count). The van der Waals surface area contributed by atoms with Gasteiger partial charge >= 0.3 is 0 Å². The summed E-state index contributed by atoms with van der Waals surface area (Å²) in [4.78, 5) is 2.46. The maximum atomic E-state index is 11.6. The summed E-state index contributed by atoms with van der Waals surface area (Å²) in [6, 6.07) is 15.4. The average Bonchev–Trinajstić information content (AvgIpc) is 3.05. The largest absolute Gasteiger partial charge is 0.389 e. The summed E-state index contributed by atoms with van der Waals surface area (Å²) in [6.45, 7) is 2.92. The van der Waals surface area contributed by atoms with Gasteiger partial charge in [-0.1, -0.05) is 61.7 Å². The molecule has 25 heavy (non-hydrogen) atoms. The van der Waals surface area contributed by atoms with E-state index >= 15 is 0 Å². The summed E-state index contributed by atoms with van der Waals surface area (Å²) in [5, 5.41) is 14.2. The van der Waals surface area contributed by atoms with Crippen LogP contribution in [0.5, 0.6) is 0 Å². The van der Waals surface area contributed by atoms with Crippen molar-refractivity contribution in [1.29, 1.82) is 0 Å². The SMILES string of the molecule is N[C@@H]1CCN(CC(c2cccc3ccccc23)C2(O)CCCCC2)C1. The number of aliphatic hydroxyl groups is 1. The summed E-state index contributed by atoms with van der Waals surface area (Å²) in [5.41, 5.74) is 6.86. The van der Waals surface area contributed by atoms with Gasteiger partial charge in [0.15, 0.2) is 0 Å². The first-order valence-electron chi connectivity index (χ1n) is 9.84. The molecule has 3 nitrogen and oxygen atoms in total. The van der Waals surface area contributed by atoms with Gasteiger partial charge in [-0.3, -0.25) is 0 Å². The number of hydrogen-bond acceptors (Lipinski definition) is 3. The molecule has 1 aliphatic heterocycles. The van der Waals surface area contributed by atoms with Crippen LogP contribution in [0.2, 0.25) is 0 Å². The molecule has 3 N–H and O–H groups in total. The molecule has 1 saturated heterocycles. The lowest BCUT2D eigenvalue weighted by atomic mass is 9.71. The Morgan fingerprint density at radius 3 is 2.60 bits per heavy atom. The zero-order valence-electron chi connectivity index (χ0n) is 15.0. The molecule has 0 aromatic heterocycles. The summed E-state index contributed by atoms with van der Waals surface area (Å²) in [6.07, 6.45) is 6.43. The highest BCUT2D eigenvalue weighted by Crippen LogP contribution is 2.42. The van der Waals surface area contributed by atoms with Crippen molar-refractivity contribution in [2.45, 2.75) is 56.1 Å². The minimum atomic E-state index is -0.588. The van der Waals surface area contributed by atoms with Gasteiger partial charge in [0, 0.05) is 25.0 Å². The minimum Gasteiger partial charge on any atom is -0.389 e. The van der Waals surface area contributed by atoms with Crippen LogP contribution in [0, 0.1) is 0 Å². The third kappa shape index (κ3) is 3.46. The number of likely N-dealkylation sites (tertiary alicyclic amines) is 1. The van der Waals surface area contributed by atoms with E-state index in [2.05, 4.69) is 47.4 Å². The number of nitrogens with zero attached hydrogens (tertiary/aromatic N) is 1. The molecule has 1 saturated carbocycles. The minimum absolute atomic E-state index is 0.157. The molecule has 2 aromatic rings. The Balaban J connectivity index is 1.73. The molecule has 134 valence electrons. The molecular formula is C22H30N2O. The van der Waals surface area contributed by atoms with Gasteiger partial charge in [-0.05, 0) is 42.1 Å². The Kier molecular flexibility index (Phi) is 4.81. The van der Waals surface area contributed by atoms with Crippen molar-refractivity contribution in [3.8, 4) is 0 Å². The number of hydrogen-bond donors (Lipinski definition) is 2. The van der Waals surface area contributed by atoms with Gasteiger partial charge in [0.1, 0.15) is 0 Å². The van der Waals surface area contributed by atoms with Crippen molar-refractivity contribution in [3.63, 3.8) is 0 Å². The summed E-state index contributed by atoms with van der Waals surface area (Å²) in [7, 11) is 0. The van der Waals surface area contributed by atoms with Gasteiger partial charge in [0.05, 0.1) is 5.60 Å². The molecule has 2 aromatic carbocycles. The van der Waals surface area contributed by atoms with Crippen LogP contribution in [0.15, 0.2) is 42.5 Å². The molecule has 1 aliphatic carbocycles. The average molecular weight is 338 g/mol. The first-order valence-corrected chi connectivity index (χ1v) is 9.84. The van der Waals surface area contributed by atoms with E-state index in [1.165, 1.54) is 22.8 Å². The molecular weight excluding hydrogens is 308 g/mol. The van der Waals surface area contributed by atoms with E-state index in [9.17, 15) is 5.11 Å². The normalized spacial score (nSPS) is 25.3. The van der Waals surface area contributed by atoms with E-state index in [1.807, 2.05) is 0 Å². The first kappa shape index (κ1) is 17.0. The predicted molar refractivity (Wildman–Crippen MR) is 104 cm³/mol. The van der Waals surface area contributed by atoms with Crippen molar-refractivity contribution in [2.75, 3.05) is 19.6 Å². The molecule has 3 heteroatoms. The van der Waals surface area contributed by atoms with Crippen molar-refractivity contribution in [2.24, 2.45) is 5.73 Å². The van der Waals surface area contributed by atoms with Gasteiger partial charge in [-0.25, -0.2) is 0 Å². The van der Waals surface area contributed by atoms with Crippen LogP contribution in [0.4, 0.5) is 0 Å². The van der Waals surface area contributed by atoms with E-state index in [0.717, 1.165) is 51.7 Å². The van der Waals surface area contributed by atoms with Crippen molar-refractivity contribution < 1.29 is 5.11 Å². The highest BCUT2D eigenvalue weighted by atomic mass is 16.3. The number of rotatable bonds is 4. The second kappa shape index (κ2) is 7.06. The van der Waals surface area contributed by atoms with Gasteiger partial charge in [0.25, 0.3) is 0 Å². The van der Waals surface area contributed by atoms with E-state index in [-0.39, 0.29) is 12.0 Å². The van der Waals surface area contributed by atoms with Crippen LogP contribution in [0.25, 0.3) is 10.8 Å². The van der Waals surface area contributed by atoms with Gasteiger partial charge in [-0.15, -0.1) is 0 Å². The molecule has 2 fully saturated rings. The fourth-order valence-electron chi connectivity index (χ4n) is 4.91. The Hall–Kier alpha value is -1.42. The number of fused-ring (bicyclic) bond motifs is 1. The molecule has 1 unspecified atom stereocenters. The van der Waals surface area contributed by atoms with Gasteiger partial charge < -0.3 is 15.7 Å². The maximum absolute atomic E-state index is 11.6. The lowest BCUT2D eigenvalue weighted by molar-refractivity contribution is -0.0290. The zero-order valence-corrected chi connectivity index (χ0v) is 15.0. The van der Waals surface area contributed by atoms with E-state index in [1.54, 1.807) is 0 Å². The third-order valence-electron chi connectivity index (χ3n) is 6.32. The van der Waals surface area contributed by atoms with E-state index in [4.69, 9.17) is 5.73 Å².